The van der Waals surface area contributed by atoms with Gasteiger partial charge in [0.1, 0.15) is 11.3 Å². The molecular formula is C19H22F3N3O. The van der Waals surface area contributed by atoms with Crippen molar-refractivity contribution in [2.24, 2.45) is 7.05 Å². The highest BCUT2D eigenvalue weighted by molar-refractivity contribution is 5.96. The molecule has 0 spiro atoms. The fraction of sp³-hybridized carbons (Fsp3) is 0.474. The van der Waals surface area contributed by atoms with Gasteiger partial charge in [-0.2, -0.15) is 9.49 Å². The zero-order chi connectivity index (χ0) is 18.8. The van der Waals surface area contributed by atoms with Crippen LogP contribution in [-0.2, 0) is 7.05 Å². The Hall–Kier alpha value is -2.31. The van der Waals surface area contributed by atoms with E-state index in [0.717, 1.165) is 24.8 Å². The van der Waals surface area contributed by atoms with Gasteiger partial charge in [0.15, 0.2) is 0 Å². The predicted molar refractivity (Wildman–Crippen MR) is 91.7 cm³/mol. The number of nitrogens with zero attached hydrogens (tertiary/aromatic N) is 3. The van der Waals surface area contributed by atoms with E-state index in [9.17, 15) is 18.0 Å². The zero-order valence-corrected chi connectivity index (χ0v) is 14.8. The number of hydrogen-bond donors (Lipinski definition) is 0. The highest BCUT2D eigenvalue weighted by Crippen LogP contribution is 2.35. The van der Waals surface area contributed by atoms with Crippen molar-refractivity contribution >= 4 is 5.91 Å². The number of amides is 1. The quantitative estimate of drug-likeness (QED) is 0.793. The summed E-state index contributed by atoms with van der Waals surface area (Å²) in [7, 11) is 1.22. The second-order valence-corrected chi connectivity index (χ2v) is 6.61. The molecule has 1 aromatic heterocycles. The van der Waals surface area contributed by atoms with E-state index in [4.69, 9.17) is 0 Å². The first kappa shape index (κ1) is 18.5. The summed E-state index contributed by atoms with van der Waals surface area (Å²) in [6, 6.07) is 9.67. The molecule has 2 heterocycles. The molecule has 0 aliphatic carbocycles. The summed E-state index contributed by atoms with van der Waals surface area (Å²) in [6.07, 6.45) is -0.659. The number of benzene rings is 1. The summed E-state index contributed by atoms with van der Waals surface area (Å²) in [4.78, 5) is 14.5. The summed E-state index contributed by atoms with van der Waals surface area (Å²) >= 11 is 0. The number of aryl methyl sites for hydroxylation is 1. The summed E-state index contributed by atoms with van der Waals surface area (Å²) in [5, 5.41) is 3.49. The van der Waals surface area contributed by atoms with Crippen LogP contribution in [0.2, 0.25) is 0 Å². The third-order valence-corrected chi connectivity index (χ3v) is 5.12. The lowest BCUT2D eigenvalue weighted by Gasteiger charge is -2.31. The number of carbonyl (C=O) groups excluding carboxylic acids is 1. The normalized spacial score (nSPS) is 18.5. The number of halogens is 3. The van der Waals surface area contributed by atoms with Crippen molar-refractivity contribution < 1.29 is 18.0 Å². The maximum Gasteiger partial charge on any atom is 0.283 e. The van der Waals surface area contributed by atoms with E-state index in [1.807, 2.05) is 37.3 Å². The number of carbonyl (C=O) groups is 1. The zero-order valence-electron chi connectivity index (χ0n) is 14.8. The van der Waals surface area contributed by atoms with Crippen molar-refractivity contribution in [1.29, 1.82) is 0 Å². The van der Waals surface area contributed by atoms with Crippen LogP contribution >= 0.6 is 0 Å². The second kappa shape index (κ2) is 7.51. The molecule has 0 saturated carbocycles. The Morgan fingerprint density at radius 1 is 1.31 bits per heavy atom. The van der Waals surface area contributed by atoms with Crippen LogP contribution in [0.15, 0.2) is 30.3 Å². The van der Waals surface area contributed by atoms with Crippen LogP contribution in [0.25, 0.3) is 0 Å². The number of likely N-dealkylation sites (tertiary alicyclic amines) is 1. The Morgan fingerprint density at radius 3 is 2.62 bits per heavy atom. The molecule has 1 saturated heterocycles. The first-order valence-corrected chi connectivity index (χ1v) is 8.82. The Balaban J connectivity index is 1.95. The van der Waals surface area contributed by atoms with Crippen LogP contribution in [0.1, 0.15) is 60.1 Å². The molecule has 4 nitrogen and oxygen atoms in total. The largest absolute Gasteiger partial charge is 0.335 e. The van der Waals surface area contributed by atoms with Crippen molar-refractivity contribution in [2.45, 2.75) is 44.6 Å². The lowest BCUT2D eigenvalue weighted by molar-refractivity contribution is 0.0697. The Morgan fingerprint density at radius 2 is 2.00 bits per heavy atom. The summed E-state index contributed by atoms with van der Waals surface area (Å²) in [5.41, 5.74) is -0.286. The van der Waals surface area contributed by atoms with E-state index >= 15 is 0 Å². The fourth-order valence-electron chi connectivity index (χ4n) is 3.91. The van der Waals surface area contributed by atoms with Crippen LogP contribution in [0, 0.1) is 5.95 Å². The lowest BCUT2D eigenvalue weighted by Crippen LogP contribution is -2.39. The molecule has 2 atom stereocenters. The van der Waals surface area contributed by atoms with Gasteiger partial charge in [-0.25, -0.2) is 13.5 Å². The van der Waals surface area contributed by atoms with E-state index in [1.54, 1.807) is 4.90 Å². The van der Waals surface area contributed by atoms with Gasteiger partial charge in [-0.15, -0.1) is 0 Å². The van der Waals surface area contributed by atoms with E-state index in [1.165, 1.54) is 7.05 Å². The minimum absolute atomic E-state index is 0.0809. The molecule has 140 valence electrons. The van der Waals surface area contributed by atoms with E-state index in [0.29, 0.717) is 11.2 Å². The van der Waals surface area contributed by atoms with Crippen LogP contribution in [0.3, 0.4) is 0 Å². The van der Waals surface area contributed by atoms with Crippen molar-refractivity contribution in [2.75, 3.05) is 6.54 Å². The number of alkyl halides is 2. The van der Waals surface area contributed by atoms with Gasteiger partial charge in [0, 0.05) is 25.6 Å². The fourth-order valence-corrected chi connectivity index (χ4v) is 3.91. The first-order chi connectivity index (χ1) is 12.5. The van der Waals surface area contributed by atoms with E-state index in [-0.39, 0.29) is 12.0 Å². The average Bonchev–Trinajstić information content (AvgIpc) is 3.22. The van der Waals surface area contributed by atoms with Gasteiger partial charge in [0.25, 0.3) is 12.3 Å². The van der Waals surface area contributed by atoms with Gasteiger partial charge in [0.05, 0.1) is 0 Å². The highest BCUT2D eigenvalue weighted by Gasteiger charge is 2.39. The minimum Gasteiger partial charge on any atom is -0.335 e. The molecule has 0 bridgehead atoms. The standard InChI is InChI=1S/C19H22F3N3O/c1-3-13(12-8-5-4-6-9-12)14-10-7-11-25(14)19(26)15-16(17(20)21)23-24(2)18(15)22/h4-6,8-9,13-14,17H,3,7,10-11H2,1-2H3. The average molecular weight is 365 g/mol. The van der Waals surface area contributed by atoms with Crippen molar-refractivity contribution in [3.8, 4) is 0 Å². The Kier molecular flexibility index (Phi) is 5.34. The number of aromatic nitrogens is 2. The molecule has 1 fully saturated rings. The van der Waals surface area contributed by atoms with Crippen LogP contribution in [0.4, 0.5) is 13.2 Å². The summed E-state index contributed by atoms with van der Waals surface area (Å²) in [6.45, 7) is 2.47. The molecule has 3 rings (SSSR count). The van der Waals surface area contributed by atoms with Gasteiger partial charge < -0.3 is 4.90 Å². The topological polar surface area (TPSA) is 38.1 Å². The van der Waals surface area contributed by atoms with Crippen molar-refractivity contribution in [1.82, 2.24) is 14.7 Å². The Labute approximate surface area is 150 Å². The van der Waals surface area contributed by atoms with Crippen LogP contribution in [0.5, 0.6) is 0 Å². The third kappa shape index (κ3) is 3.22. The molecular weight excluding hydrogens is 343 g/mol. The highest BCUT2D eigenvalue weighted by atomic mass is 19.3. The van der Waals surface area contributed by atoms with Crippen LogP contribution in [-0.4, -0.2) is 33.2 Å². The SMILES string of the molecule is CCC(c1ccccc1)C1CCCN1C(=O)c1c(C(F)F)nn(C)c1F. The maximum atomic E-state index is 14.3. The number of rotatable bonds is 5. The van der Waals surface area contributed by atoms with Gasteiger partial charge >= 0.3 is 0 Å². The molecule has 26 heavy (non-hydrogen) atoms. The number of hydrogen-bond acceptors (Lipinski definition) is 2. The maximum absolute atomic E-state index is 14.3. The molecule has 1 aromatic carbocycles. The molecule has 0 N–H and O–H groups in total. The van der Waals surface area contributed by atoms with Gasteiger partial charge in [0.2, 0.25) is 5.95 Å². The predicted octanol–water partition coefficient (Wildman–Crippen LogP) is 4.30. The lowest BCUT2D eigenvalue weighted by atomic mass is 9.87. The Bertz CT molecular complexity index is 776. The molecule has 0 radical (unpaired) electrons. The third-order valence-electron chi connectivity index (χ3n) is 5.12. The summed E-state index contributed by atoms with van der Waals surface area (Å²) in [5.74, 6) is -1.62. The smallest absolute Gasteiger partial charge is 0.283 e. The van der Waals surface area contributed by atoms with E-state index in [2.05, 4.69) is 5.10 Å². The first-order valence-electron chi connectivity index (χ1n) is 8.82. The summed E-state index contributed by atoms with van der Waals surface area (Å²) < 4.78 is 41.5. The molecule has 2 aromatic rings. The van der Waals surface area contributed by atoms with E-state index < -0.39 is 29.5 Å². The molecule has 2 unspecified atom stereocenters. The minimum atomic E-state index is -3.00. The monoisotopic (exact) mass is 365 g/mol. The van der Waals surface area contributed by atoms with Crippen LogP contribution < -0.4 is 0 Å². The van der Waals surface area contributed by atoms with Gasteiger partial charge in [-0.1, -0.05) is 37.3 Å². The second-order valence-electron chi connectivity index (χ2n) is 6.61. The van der Waals surface area contributed by atoms with Crippen molar-refractivity contribution in [3.05, 3.63) is 53.1 Å². The molecule has 1 aliphatic rings. The molecule has 1 aliphatic heterocycles. The van der Waals surface area contributed by atoms with Gasteiger partial charge in [-0.05, 0) is 24.8 Å². The van der Waals surface area contributed by atoms with Gasteiger partial charge in [-0.3, -0.25) is 4.79 Å². The van der Waals surface area contributed by atoms with Crippen molar-refractivity contribution in [3.63, 3.8) is 0 Å². The molecule has 7 heteroatoms. The molecule has 1 amide bonds.